The van der Waals surface area contributed by atoms with Gasteiger partial charge in [0.05, 0.1) is 28.1 Å². The van der Waals surface area contributed by atoms with E-state index in [1.807, 2.05) is 81.7 Å². The van der Waals surface area contributed by atoms with E-state index in [1.54, 1.807) is 6.92 Å². The largest absolute Gasteiger partial charge is 0.448 e. The molecule has 1 amide bonds. The van der Waals surface area contributed by atoms with Crippen LogP contribution in [-0.2, 0) is 17.8 Å². The number of carbonyl (C=O) groups is 1. The summed E-state index contributed by atoms with van der Waals surface area (Å²) in [4.78, 5) is 21.3. The van der Waals surface area contributed by atoms with E-state index in [1.165, 1.54) is 11.3 Å². The number of alkyl halides is 1. The molecule has 6 rings (SSSR count). The summed E-state index contributed by atoms with van der Waals surface area (Å²) < 4.78 is 9.30. The van der Waals surface area contributed by atoms with Gasteiger partial charge >= 0.3 is 6.09 Å². The Morgan fingerprint density at radius 1 is 0.755 bits per heavy atom. The van der Waals surface area contributed by atoms with Crippen molar-refractivity contribution in [2.24, 2.45) is 0 Å². The van der Waals surface area contributed by atoms with Crippen LogP contribution in [0.25, 0.3) is 11.3 Å². The number of nitrogens with zero attached hydrogens (tertiary/aromatic N) is 4. The van der Waals surface area contributed by atoms with Gasteiger partial charge in [-0.05, 0) is 107 Å². The van der Waals surface area contributed by atoms with Crippen molar-refractivity contribution in [1.82, 2.24) is 18.8 Å². The Balaban J connectivity index is 0.000000199. The fourth-order valence-electron chi connectivity index (χ4n) is 5.60. The predicted octanol–water partition coefficient (Wildman–Crippen LogP) is 8.50. The van der Waals surface area contributed by atoms with E-state index in [0.29, 0.717) is 18.8 Å². The lowest BCUT2D eigenvalue weighted by Crippen LogP contribution is -2.19. The van der Waals surface area contributed by atoms with Crippen molar-refractivity contribution in [2.45, 2.75) is 66.9 Å². The first-order chi connectivity index (χ1) is 23.4. The van der Waals surface area contributed by atoms with Crippen LogP contribution >= 0.6 is 11.6 Å². The zero-order valence-corrected chi connectivity index (χ0v) is 29.9. The maximum Gasteiger partial charge on any atom is 0.411 e. The van der Waals surface area contributed by atoms with Crippen molar-refractivity contribution >= 4 is 51.7 Å². The number of rotatable bonds is 9. The number of nitrogen functional groups attached to an aromatic ring is 1. The van der Waals surface area contributed by atoms with Gasteiger partial charge in [-0.3, -0.25) is 5.32 Å². The highest BCUT2D eigenvalue weighted by Gasteiger charge is 2.13. The van der Waals surface area contributed by atoms with Gasteiger partial charge in [-0.1, -0.05) is 24.3 Å². The molecule has 11 heteroatoms. The molecule has 0 aliphatic carbocycles. The van der Waals surface area contributed by atoms with E-state index in [2.05, 4.69) is 67.6 Å². The molecule has 2 aromatic carbocycles. The Kier molecular flexibility index (Phi) is 11.0. The van der Waals surface area contributed by atoms with E-state index in [-0.39, 0.29) is 12.0 Å². The fourth-order valence-corrected chi connectivity index (χ4v) is 5.66. The molecule has 0 spiro atoms. The number of aryl methyl sites for hydroxylation is 6. The van der Waals surface area contributed by atoms with Gasteiger partial charge in [0.2, 0.25) is 0 Å². The van der Waals surface area contributed by atoms with Crippen LogP contribution in [0.2, 0.25) is 0 Å². The molecule has 6 aromatic rings. The van der Waals surface area contributed by atoms with Crippen LogP contribution in [0.4, 0.5) is 27.5 Å². The lowest BCUT2D eigenvalue weighted by atomic mass is 10.1. The molecule has 10 nitrogen and oxygen atoms in total. The van der Waals surface area contributed by atoms with E-state index < -0.39 is 6.09 Å². The third-order valence-corrected chi connectivity index (χ3v) is 8.83. The summed E-state index contributed by atoms with van der Waals surface area (Å²) in [6.07, 6.45) is 3.53. The zero-order chi connectivity index (χ0) is 35.2. The minimum atomic E-state index is -0.513. The number of nitrogens with one attached hydrogen (secondary N) is 3. The zero-order valence-electron chi connectivity index (χ0n) is 29.2. The van der Waals surface area contributed by atoms with E-state index in [4.69, 9.17) is 22.1 Å². The molecule has 5 N–H and O–H groups in total. The van der Waals surface area contributed by atoms with Crippen LogP contribution in [0, 0.1) is 41.5 Å². The van der Waals surface area contributed by atoms with Gasteiger partial charge in [-0.25, -0.2) is 14.8 Å². The molecule has 0 saturated carbocycles. The Bertz CT molecular complexity index is 2080. The van der Waals surface area contributed by atoms with E-state index in [0.717, 1.165) is 62.1 Å². The number of imidazole rings is 2. The lowest BCUT2D eigenvalue weighted by molar-refractivity contribution is 0.162. The highest BCUT2D eigenvalue weighted by molar-refractivity contribution is 6.20. The van der Waals surface area contributed by atoms with Crippen LogP contribution < -0.4 is 21.7 Å². The van der Waals surface area contributed by atoms with Gasteiger partial charge in [0.1, 0.15) is 6.61 Å². The number of halogens is 1. The van der Waals surface area contributed by atoms with Gasteiger partial charge < -0.3 is 29.9 Å². The number of pyridine rings is 2. The molecule has 0 bridgehead atoms. The molecular weight excluding hydrogens is 636 g/mol. The Hall–Kier alpha value is -5.22. The monoisotopic (exact) mass is 680 g/mol. The normalized spacial score (nSPS) is 11.6. The SMILES string of the molecule is Cc1cccc(N)c1CNc1cccn2c(C)c(C)nc12.Cc1cccc(NC(=O)OCC(C)Cl)c1CNc1cccn2c(C)c(C)nc12. The van der Waals surface area contributed by atoms with Gasteiger partial charge in [-0.15, -0.1) is 11.6 Å². The predicted molar refractivity (Wildman–Crippen MR) is 201 cm³/mol. The van der Waals surface area contributed by atoms with Crippen LogP contribution in [0.1, 0.15) is 52.0 Å². The number of fused-ring (bicyclic) bond motifs is 2. The average Bonchev–Trinajstić information content (AvgIpc) is 3.53. The van der Waals surface area contributed by atoms with Gasteiger partial charge in [0, 0.05) is 48.2 Å². The molecule has 1 atom stereocenters. The number of carbonyl (C=O) groups excluding carboxylic acids is 1. The smallest absolute Gasteiger partial charge is 0.411 e. The summed E-state index contributed by atoms with van der Waals surface area (Å²) in [5.41, 5.74) is 20.1. The molecule has 256 valence electrons. The van der Waals surface area contributed by atoms with Crippen LogP contribution in [0.3, 0.4) is 0 Å². The fraction of sp³-hybridized carbons (Fsp3) is 0.289. The maximum absolute atomic E-state index is 12.0. The standard InChI is InChI=1S/C21H25ClN4O2.C17H20N4/c1-13-7-5-8-18(25-21(27)28-12-14(2)22)17(13)11-23-19-9-6-10-26-16(4)15(3)24-20(19)26;1-11-6-4-7-15(18)14(11)10-19-16-8-5-9-21-13(3)12(2)20-17(16)21/h5-10,14,23H,11-12H2,1-4H3,(H,25,27);4-9,19H,10,18H2,1-3H3. The Morgan fingerprint density at radius 2 is 1.24 bits per heavy atom. The number of aromatic nitrogens is 4. The molecule has 4 aromatic heterocycles. The van der Waals surface area contributed by atoms with Gasteiger partial charge in [0.25, 0.3) is 0 Å². The van der Waals surface area contributed by atoms with E-state index >= 15 is 0 Å². The number of hydrogen-bond acceptors (Lipinski definition) is 7. The number of benzene rings is 2. The molecule has 0 aliphatic heterocycles. The van der Waals surface area contributed by atoms with Gasteiger partial charge in [0.15, 0.2) is 11.3 Å². The highest BCUT2D eigenvalue weighted by atomic mass is 35.5. The number of amides is 1. The second-order valence-electron chi connectivity index (χ2n) is 12.3. The van der Waals surface area contributed by atoms with Crippen molar-refractivity contribution in [2.75, 3.05) is 28.3 Å². The first-order valence-electron chi connectivity index (χ1n) is 16.3. The number of anilines is 4. The summed E-state index contributed by atoms with van der Waals surface area (Å²) in [6.45, 7) is 15.4. The average molecular weight is 681 g/mol. The van der Waals surface area contributed by atoms with Crippen molar-refractivity contribution in [3.05, 3.63) is 118 Å². The molecular formula is C38H45ClN8O2. The van der Waals surface area contributed by atoms with Crippen LogP contribution in [0.15, 0.2) is 73.1 Å². The molecule has 4 heterocycles. The third-order valence-electron chi connectivity index (χ3n) is 8.70. The maximum atomic E-state index is 12.0. The second kappa shape index (κ2) is 15.3. The lowest BCUT2D eigenvalue weighted by Gasteiger charge is -2.16. The van der Waals surface area contributed by atoms with Crippen molar-refractivity contribution < 1.29 is 9.53 Å². The highest BCUT2D eigenvalue weighted by Crippen LogP contribution is 2.25. The molecule has 1 unspecified atom stereocenters. The van der Waals surface area contributed by atoms with Crippen LogP contribution in [-0.4, -0.2) is 36.8 Å². The Morgan fingerprint density at radius 3 is 1.78 bits per heavy atom. The number of ether oxygens (including phenoxy) is 1. The summed E-state index contributed by atoms with van der Waals surface area (Å²) in [5.74, 6) is 0. The summed E-state index contributed by atoms with van der Waals surface area (Å²) in [5, 5.41) is 9.50. The van der Waals surface area contributed by atoms with Crippen molar-refractivity contribution in [1.29, 1.82) is 0 Å². The summed E-state index contributed by atoms with van der Waals surface area (Å²) >= 11 is 5.84. The van der Waals surface area contributed by atoms with Crippen molar-refractivity contribution in [3.63, 3.8) is 0 Å². The molecule has 0 radical (unpaired) electrons. The van der Waals surface area contributed by atoms with E-state index in [9.17, 15) is 4.79 Å². The summed E-state index contributed by atoms with van der Waals surface area (Å²) in [6, 6.07) is 19.9. The molecule has 0 aliphatic rings. The number of nitrogens with two attached hydrogens (primary N) is 1. The second-order valence-corrected chi connectivity index (χ2v) is 13.0. The first-order valence-corrected chi connectivity index (χ1v) is 16.7. The van der Waals surface area contributed by atoms with Crippen LogP contribution in [0.5, 0.6) is 0 Å². The topological polar surface area (TPSA) is 123 Å². The minimum Gasteiger partial charge on any atom is -0.448 e. The molecule has 0 fully saturated rings. The van der Waals surface area contributed by atoms with Gasteiger partial charge in [-0.2, -0.15) is 0 Å². The number of hydrogen-bond donors (Lipinski definition) is 4. The van der Waals surface area contributed by atoms with Crippen molar-refractivity contribution in [3.8, 4) is 0 Å². The molecule has 49 heavy (non-hydrogen) atoms. The third kappa shape index (κ3) is 8.09. The first kappa shape index (κ1) is 35.1. The quantitative estimate of drug-likeness (QED) is 0.0892. The summed E-state index contributed by atoms with van der Waals surface area (Å²) in [7, 11) is 0. The molecule has 0 saturated heterocycles. The minimum absolute atomic E-state index is 0.160. The Labute approximate surface area is 292 Å².